The molecule has 3 heterocycles. The van der Waals surface area contributed by atoms with E-state index in [-0.39, 0.29) is 18.2 Å². The molecule has 24 heavy (non-hydrogen) atoms. The van der Waals surface area contributed by atoms with E-state index in [2.05, 4.69) is 21.9 Å². The molecular formula is C17H24N4O2S. The minimum atomic E-state index is -0.0996. The first-order chi connectivity index (χ1) is 11.7. The van der Waals surface area contributed by atoms with Crippen LogP contribution in [0.15, 0.2) is 29.9 Å². The zero-order chi connectivity index (χ0) is 16.9. The van der Waals surface area contributed by atoms with Crippen molar-refractivity contribution in [3.05, 3.63) is 40.3 Å². The zero-order valence-corrected chi connectivity index (χ0v) is 15.0. The minimum absolute atomic E-state index is 0.0183. The number of aromatic nitrogens is 2. The van der Waals surface area contributed by atoms with Crippen LogP contribution in [0.5, 0.6) is 0 Å². The molecule has 3 rings (SSSR count). The third-order valence-corrected chi connectivity index (χ3v) is 5.06. The molecule has 130 valence electrons. The topological polar surface area (TPSA) is 59.4 Å². The highest BCUT2D eigenvalue weighted by Gasteiger charge is 2.27. The number of morpholine rings is 1. The number of carbonyl (C=O) groups is 1. The predicted octanol–water partition coefficient (Wildman–Crippen LogP) is 2.68. The standard InChI is InChI=1S/C17H24N4O2S/c1-3-21-11-14(10-18-21)16-12-20(6-7-23-16)17(22)19-13(2)9-15-5-4-8-24-15/h4-5,8,10-11,13,16H,3,6-7,9,12H2,1-2H3,(H,19,22)/t13-,16-/m1/s1. The average molecular weight is 348 g/mol. The summed E-state index contributed by atoms with van der Waals surface area (Å²) in [6.07, 6.45) is 4.58. The van der Waals surface area contributed by atoms with Gasteiger partial charge in [0.25, 0.3) is 0 Å². The molecule has 1 N–H and O–H groups in total. The normalized spacial score (nSPS) is 19.2. The summed E-state index contributed by atoms with van der Waals surface area (Å²) < 4.78 is 7.69. The van der Waals surface area contributed by atoms with Gasteiger partial charge in [-0.3, -0.25) is 4.68 Å². The zero-order valence-electron chi connectivity index (χ0n) is 14.1. The molecule has 0 unspecified atom stereocenters. The molecule has 0 aliphatic carbocycles. The summed E-state index contributed by atoms with van der Waals surface area (Å²) in [6.45, 7) is 6.66. The number of ether oxygens (including phenoxy) is 1. The number of nitrogens with zero attached hydrogens (tertiary/aromatic N) is 3. The molecule has 1 saturated heterocycles. The van der Waals surface area contributed by atoms with E-state index in [1.165, 1.54) is 4.88 Å². The Kier molecular flexibility index (Phi) is 5.52. The summed E-state index contributed by atoms with van der Waals surface area (Å²) in [7, 11) is 0. The maximum atomic E-state index is 12.5. The molecule has 2 aromatic heterocycles. The highest BCUT2D eigenvalue weighted by molar-refractivity contribution is 7.09. The lowest BCUT2D eigenvalue weighted by Crippen LogP contribution is -2.49. The summed E-state index contributed by atoms with van der Waals surface area (Å²) in [4.78, 5) is 15.6. The van der Waals surface area contributed by atoms with Gasteiger partial charge in [0.1, 0.15) is 6.10 Å². The van der Waals surface area contributed by atoms with Gasteiger partial charge in [-0.1, -0.05) is 6.07 Å². The molecule has 2 aromatic rings. The Morgan fingerprint density at radius 2 is 2.46 bits per heavy atom. The van der Waals surface area contributed by atoms with Crippen molar-refractivity contribution in [3.63, 3.8) is 0 Å². The van der Waals surface area contributed by atoms with E-state index < -0.39 is 0 Å². The Hall–Kier alpha value is -1.86. The molecule has 2 atom stereocenters. The molecule has 1 aliphatic rings. The first-order valence-electron chi connectivity index (χ1n) is 8.37. The van der Waals surface area contributed by atoms with E-state index in [0.29, 0.717) is 19.7 Å². The third kappa shape index (κ3) is 4.15. The highest BCUT2D eigenvalue weighted by atomic mass is 32.1. The Bertz CT molecular complexity index is 655. The van der Waals surface area contributed by atoms with Crippen molar-refractivity contribution in [2.45, 2.75) is 39.0 Å². The van der Waals surface area contributed by atoms with Gasteiger partial charge in [-0.2, -0.15) is 5.10 Å². The van der Waals surface area contributed by atoms with Crippen LogP contribution in [0.4, 0.5) is 4.79 Å². The van der Waals surface area contributed by atoms with Crippen LogP contribution < -0.4 is 5.32 Å². The maximum Gasteiger partial charge on any atom is 0.317 e. The van der Waals surface area contributed by atoms with Crippen LogP contribution >= 0.6 is 11.3 Å². The largest absolute Gasteiger partial charge is 0.370 e. The molecule has 0 aromatic carbocycles. The summed E-state index contributed by atoms with van der Waals surface area (Å²) in [5.74, 6) is 0. The smallest absolute Gasteiger partial charge is 0.317 e. The molecular weight excluding hydrogens is 324 g/mol. The van der Waals surface area contributed by atoms with Gasteiger partial charge in [0, 0.05) is 42.2 Å². The van der Waals surface area contributed by atoms with Crippen LogP contribution in [0.3, 0.4) is 0 Å². The van der Waals surface area contributed by atoms with Crippen LogP contribution in [-0.2, 0) is 17.7 Å². The van der Waals surface area contributed by atoms with Crippen molar-refractivity contribution in [1.82, 2.24) is 20.0 Å². The monoisotopic (exact) mass is 348 g/mol. The van der Waals surface area contributed by atoms with Gasteiger partial charge >= 0.3 is 6.03 Å². The van der Waals surface area contributed by atoms with E-state index >= 15 is 0 Å². The van der Waals surface area contributed by atoms with E-state index in [0.717, 1.165) is 18.5 Å². The Balaban J connectivity index is 1.54. The first-order valence-corrected chi connectivity index (χ1v) is 9.25. The highest BCUT2D eigenvalue weighted by Crippen LogP contribution is 2.22. The number of aryl methyl sites for hydroxylation is 1. The number of hydrogen-bond donors (Lipinski definition) is 1. The van der Waals surface area contributed by atoms with Crippen LogP contribution in [0.1, 0.15) is 30.4 Å². The quantitative estimate of drug-likeness (QED) is 0.904. The molecule has 7 heteroatoms. The number of hydrogen-bond acceptors (Lipinski definition) is 4. The summed E-state index contributed by atoms with van der Waals surface area (Å²) in [6, 6.07) is 4.23. The Morgan fingerprint density at radius 1 is 1.58 bits per heavy atom. The Morgan fingerprint density at radius 3 is 3.17 bits per heavy atom. The van der Waals surface area contributed by atoms with E-state index in [4.69, 9.17) is 4.74 Å². The second-order valence-electron chi connectivity index (χ2n) is 6.07. The van der Waals surface area contributed by atoms with Crippen molar-refractivity contribution < 1.29 is 9.53 Å². The van der Waals surface area contributed by atoms with Gasteiger partial charge in [0.05, 0.1) is 19.3 Å². The lowest BCUT2D eigenvalue weighted by Gasteiger charge is -2.33. The van der Waals surface area contributed by atoms with Gasteiger partial charge in [-0.25, -0.2) is 4.79 Å². The maximum absolute atomic E-state index is 12.5. The SMILES string of the molecule is CCn1cc([C@H]2CN(C(=O)N[C@H](C)Cc3cccs3)CCO2)cn1. The number of amides is 2. The number of thiophene rings is 1. The predicted molar refractivity (Wildman–Crippen MR) is 94.2 cm³/mol. The van der Waals surface area contributed by atoms with Crippen LogP contribution in [0, 0.1) is 0 Å². The van der Waals surface area contributed by atoms with Gasteiger partial charge in [-0.05, 0) is 25.3 Å². The van der Waals surface area contributed by atoms with Crippen molar-refractivity contribution >= 4 is 17.4 Å². The number of carbonyl (C=O) groups excluding carboxylic acids is 1. The first kappa shape index (κ1) is 17.0. The van der Waals surface area contributed by atoms with E-state index in [1.807, 2.05) is 41.9 Å². The molecule has 6 nitrogen and oxygen atoms in total. The summed E-state index contributed by atoms with van der Waals surface area (Å²) >= 11 is 1.72. The lowest BCUT2D eigenvalue weighted by molar-refractivity contribution is -0.0157. The Labute approximate surface area is 146 Å². The third-order valence-electron chi connectivity index (χ3n) is 4.16. The van der Waals surface area contributed by atoms with Crippen molar-refractivity contribution in [2.24, 2.45) is 0 Å². The average Bonchev–Trinajstić information content (AvgIpc) is 3.26. The molecule has 0 spiro atoms. The lowest BCUT2D eigenvalue weighted by atomic mass is 10.1. The summed E-state index contributed by atoms with van der Waals surface area (Å²) in [5.41, 5.74) is 1.03. The van der Waals surface area contributed by atoms with E-state index in [1.54, 1.807) is 11.3 Å². The summed E-state index contributed by atoms with van der Waals surface area (Å²) in [5, 5.41) is 9.44. The minimum Gasteiger partial charge on any atom is -0.370 e. The number of rotatable bonds is 5. The molecule has 1 fully saturated rings. The van der Waals surface area contributed by atoms with Crippen molar-refractivity contribution in [2.75, 3.05) is 19.7 Å². The number of nitrogens with one attached hydrogen (secondary N) is 1. The fourth-order valence-electron chi connectivity index (χ4n) is 2.84. The fourth-order valence-corrected chi connectivity index (χ4v) is 3.67. The van der Waals surface area contributed by atoms with E-state index in [9.17, 15) is 4.79 Å². The molecule has 0 radical (unpaired) electrons. The second kappa shape index (κ2) is 7.81. The molecule has 2 amide bonds. The van der Waals surface area contributed by atoms with Crippen LogP contribution in [0.25, 0.3) is 0 Å². The van der Waals surface area contributed by atoms with Gasteiger partial charge in [-0.15, -0.1) is 11.3 Å². The second-order valence-corrected chi connectivity index (χ2v) is 7.10. The van der Waals surface area contributed by atoms with Gasteiger partial charge in [0.2, 0.25) is 0 Å². The number of urea groups is 1. The van der Waals surface area contributed by atoms with Crippen LogP contribution in [-0.4, -0.2) is 46.4 Å². The van der Waals surface area contributed by atoms with Crippen LogP contribution in [0.2, 0.25) is 0 Å². The molecule has 0 saturated carbocycles. The molecule has 1 aliphatic heterocycles. The van der Waals surface area contributed by atoms with Crippen molar-refractivity contribution in [1.29, 1.82) is 0 Å². The molecule has 0 bridgehead atoms. The van der Waals surface area contributed by atoms with Gasteiger partial charge < -0.3 is 15.0 Å². The van der Waals surface area contributed by atoms with Crippen molar-refractivity contribution in [3.8, 4) is 0 Å². The fraction of sp³-hybridized carbons (Fsp3) is 0.529. The van der Waals surface area contributed by atoms with Gasteiger partial charge in [0.15, 0.2) is 0 Å².